The summed E-state index contributed by atoms with van der Waals surface area (Å²) in [4.78, 5) is 7.85. The third-order valence-electron chi connectivity index (χ3n) is 3.12. The van der Waals surface area contributed by atoms with E-state index < -0.39 is 0 Å². The van der Waals surface area contributed by atoms with Crippen LogP contribution in [-0.4, -0.2) is 21.7 Å². The lowest BCUT2D eigenvalue weighted by Crippen LogP contribution is -2.04. The fraction of sp³-hybridized carbons (Fsp3) is 0.357. The van der Waals surface area contributed by atoms with Gasteiger partial charge in [0.1, 0.15) is 5.82 Å². The van der Waals surface area contributed by atoms with Crippen molar-refractivity contribution in [2.75, 3.05) is 6.61 Å². The van der Waals surface area contributed by atoms with Crippen LogP contribution in [0.25, 0.3) is 11.3 Å². The number of hydrogen-bond donors (Lipinski definition) is 2. The molecule has 4 heteroatoms. The molecule has 0 aliphatic carbocycles. The van der Waals surface area contributed by atoms with Gasteiger partial charge in [-0.2, -0.15) is 0 Å². The van der Waals surface area contributed by atoms with Crippen molar-refractivity contribution in [3.8, 4) is 11.3 Å². The summed E-state index contributed by atoms with van der Waals surface area (Å²) in [6.07, 6.45) is 0.865. The van der Waals surface area contributed by atoms with E-state index in [2.05, 4.69) is 9.97 Å². The van der Waals surface area contributed by atoms with Gasteiger partial charge >= 0.3 is 0 Å². The number of H-pyrrole nitrogens is 1. The molecule has 0 aliphatic heterocycles. The molecule has 1 heterocycles. The number of aromatic amines is 1. The predicted molar refractivity (Wildman–Crippen MR) is 73.9 cm³/mol. The van der Waals surface area contributed by atoms with Crippen molar-refractivity contribution >= 4 is 11.6 Å². The SMILES string of the molecule is CCC(CO)c1nc(-c2ccc(Cl)cc2)c(C)[nH]1. The summed E-state index contributed by atoms with van der Waals surface area (Å²) in [5, 5.41) is 10.0. The lowest BCUT2D eigenvalue weighted by molar-refractivity contribution is 0.258. The Balaban J connectivity index is 2.37. The van der Waals surface area contributed by atoms with Gasteiger partial charge < -0.3 is 10.1 Å². The number of nitrogens with zero attached hydrogens (tertiary/aromatic N) is 1. The van der Waals surface area contributed by atoms with E-state index in [1.807, 2.05) is 38.1 Å². The zero-order valence-electron chi connectivity index (χ0n) is 10.6. The lowest BCUT2D eigenvalue weighted by atomic mass is 10.1. The largest absolute Gasteiger partial charge is 0.396 e. The van der Waals surface area contributed by atoms with Crippen molar-refractivity contribution in [2.24, 2.45) is 0 Å². The lowest BCUT2D eigenvalue weighted by Gasteiger charge is -2.06. The first kappa shape index (κ1) is 13.1. The van der Waals surface area contributed by atoms with Gasteiger partial charge in [-0.1, -0.05) is 30.7 Å². The fourth-order valence-corrected chi connectivity index (χ4v) is 2.10. The third kappa shape index (κ3) is 2.57. The first-order chi connectivity index (χ1) is 8.65. The Labute approximate surface area is 112 Å². The Bertz CT molecular complexity index is 515. The molecule has 1 aromatic carbocycles. The monoisotopic (exact) mass is 264 g/mol. The number of imidazole rings is 1. The second-order valence-corrected chi connectivity index (χ2v) is 4.83. The molecular formula is C14H17ClN2O. The predicted octanol–water partition coefficient (Wildman–Crippen LogP) is 3.52. The van der Waals surface area contributed by atoms with E-state index in [9.17, 15) is 5.11 Å². The number of aromatic nitrogens is 2. The van der Waals surface area contributed by atoms with E-state index >= 15 is 0 Å². The van der Waals surface area contributed by atoms with Crippen LogP contribution in [0.3, 0.4) is 0 Å². The van der Waals surface area contributed by atoms with E-state index in [0.29, 0.717) is 5.02 Å². The minimum Gasteiger partial charge on any atom is -0.396 e. The van der Waals surface area contributed by atoms with Crippen molar-refractivity contribution in [3.63, 3.8) is 0 Å². The highest BCUT2D eigenvalue weighted by atomic mass is 35.5. The standard InChI is InChI=1S/C14H17ClN2O/c1-3-10(8-18)14-16-9(2)13(17-14)11-4-6-12(15)7-5-11/h4-7,10,18H,3,8H2,1-2H3,(H,16,17). The highest BCUT2D eigenvalue weighted by molar-refractivity contribution is 6.30. The molecule has 0 saturated heterocycles. The minimum absolute atomic E-state index is 0.0738. The average molecular weight is 265 g/mol. The highest BCUT2D eigenvalue weighted by Gasteiger charge is 2.15. The molecule has 0 saturated carbocycles. The molecule has 2 aromatic rings. The van der Waals surface area contributed by atoms with Crippen molar-refractivity contribution in [3.05, 3.63) is 40.8 Å². The summed E-state index contributed by atoms with van der Waals surface area (Å²) >= 11 is 5.88. The van der Waals surface area contributed by atoms with Crippen molar-refractivity contribution in [1.29, 1.82) is 0 Å². The van der Waals surface area contributed by atoms with Gasteiger partial charge in [0.05, 0.1) is 12.3 Å². The normalized spacial score (nSPS) is 12.7. The maximum atomic E-state index is 9.31. The topological polar surface area (TPSA) is 48.9 Å². The average Bonchev–Trinajstić information content (AvgIpc) is 2.74. The zero-order valence-corrected chi connectivity index (χ0v) is 11.3. The molecule has 3 nitrogen and oxygen atoms in total. The van der Waals surface area contributed by atoms with Crippen molar-refractivity contribution in [1.82, 2.24) is 9.97 Å². The Morgan fingerprint density at radius 2 is 2.00 bits per heavy atom. The van der Waals surface area contributed by atoms with E-state index in [1.54, 1.807) is 0 Å². The molecule has 0 aliphatic rings. The van der Waals surface area contributed by atoms with E-state index in [-0.39, 0.29) is 12.5 Å². The van der Waals surface area contributed by atoms with Crippen LogP contribution in [0.1, 0.15) is 30.8 Å². The molecule has 0 fully saturated rings. The van der Waals surface area contributed by atoms with E-state index in [4.69, 9.17) is 11.6 Å². The van der Waals surface area contributed by atoms with Crippen LogP contribution in [-0.2, 0) is 0 Å². The number of aliphatic hydroxyl groups excluding tert-OH is 1. The smallest absolute Gasteiger partial charge is 0.112 e. The van der Waals surface area contributed by atoms with Gasteiger partial charge in [0.15, 0.2) is 0 Å². The highest BCUT2D eigenvalue weighted by Crippen LogP contribution is 2.26. The molecule has 96 valence electrons. The summed E-state index contributed by atoms with van der Waals surface area (Å²) in [7, 11) is 0. The number of benzene rings is 1. The Morgan fingerprint density at radius 1 is 1.33 bits per heavy atom. The Kier molecular flexibility index (Phi) is 4.04. The second-order valence-electron chi connectivity index (χ2n) is 4.39. The van der Waals surface area contributed by atoms with Crippen LogP contribution in [0.5, 0.6) is 0 Å². The molecule has 1 aromatic heterocycles. The number of halogens is 1. The summed E-state index contributed by atoms with van der Waals surface area (Å²) in [6.45, 7) is 4.15. The molecule has 0 spiro atoms. The third-order valence-corrected chi connectivity index (χ3v) is 3.37. The molecule has 0 amide bonds. The van der Waals surface area contributed by atoms with E-state index in [0.717, 1.165) is 29.2 Å². The maximum Gasteiger partial charge on any atom is 0.112 e. The van der Waals surface area contributed by atoms with Gasteiger partial charge in [-0.25, -0.2) is 4.98 Å². The Hall–Kier alpha value is -1.32. The molecule has 18 heavy (non-hydrogen) atoms. The number of aliphatic hydroxyl groups is 1. The molecular weight excluding hydrogens is 248 g/mol. The quantitative estimate of drug-likeness (QED) is 0.888. The molecule has 1 unspecified atom stereocenters. The molecule has 2 N–H and O–H groups in total. The van der Waals surface area contributed by atoms with Gasteiger partial charge in [-0.05, 0) is 25.5 Å². The van der Waals surface area contributed by atoms with Gasteiger partial charge in [0, 0.05) is 22.2 Å². The molecule has 0 bridgehead atoms. The van der Waals surface area contributed by atoms with Crippen LogP contribution in [0.2, 0.25) is 5.02 Å². The number of aryl methyl sites for hydroxylation is 1. The molecule has 0 radical (unpaired) electrons. The summed E-state index contributed by atoms with van der Waals surface area (Å²) in [5.74, 6) is 0.923. The van der Waals surface area contributed by atoms with Gasteiger partial charge in [-0.3, -0.25) is 0 Å². The fourth-order valence-electron chi connectivity index (χ4n) is 1.97. The number of hydrogen-bond acceptors (Lipinski definition) is 2. The van der Waals surface area contributed by atoms with Crippen molar-refractivity contribution in [2.45, 2.75) is 26.2 Å². The number of nitrogens with one attached hydrogen (secondary N) is 1. The summed E-state index contributed by atoms with van der Waals surface area (Å²) < 4.78 is 0. The van der Waals surface area contributed by atoms with Crippen LogP contribution in [0.4, 0.5) is 0 Å². The first-order valence-electron chi connectivity index (χ1n) is 6.09. The minimum atomic E-state index is 0.0738. The van der Waals surface area contributed by atoms with Gasteiger partial charge in [0.2, 0.25) is 0 Å². The molecule has 1 atom stereocenters. The zero-order chi connectivity index (χ0) is 13.1. The van der Waals surface area contributed by atoms with Crippen LogP contribution in [0.15, 0.2) is 24.3 Å². The van der Waals surface area contributed by atoms with Crippen LogP contribution in [0, 0.1) is 6.92 Å². The van der Waals surface area contributed by atoms with Crippen molar-refractivity contribution < 1.29 is 5.11 Å². The Morgan fingerprint density at radius 3 is 2.56 bits per heavy atom. The number of rotatable bonds is 4. The second kappa shape index (κ2) is 5.55. The summed E-state index contributed by atoms with van der Waals surface area (Å²) in [6, 6.07) is 7.62. The molecule has 2 rings (SSSR count). The summed E-state index contributed by atoms with van der Waals surface area (Å²) in [5.41, 5.74) is 2.97. The maximum absolute atomic E-state index is 9.31. The van der Waals surface area contributed by atoms with Crippen LogP contribution >= 0.6 is 11.6 Å². The van der Waals surface area contributed by atoms with E-state index in [1.165, 1.54) is 0 Å². The van der Waals surface area contributed by atoms with Gasteiger partial charge in [-0.15, -0.1) is 0 Å². The first-order valence-corrected chi connectivity index (χ1v) is 6.46. The van der Waals surface area contributed by atoms with Gasteiger partial charge in [0.25, 0.3) is 0 Å². The van der Waals surface area contributed by atoms with Crippen LogP contribution < -0.4 is 0 Å².